The van der Waals surface area contributed by atoms with E-state index in [2.05, 4.69) is 20.3 Å². The number of hydrogen-bond acceptors (Lipinski definition) is 4. The van der Waals surface area contributed by atoms with Gasteiger partial charge in [0.25, 0.3) is 5.78 Å². The van der Waals surface area contributed by atoms with E-state index in [1.54, 1.807) is 4.52 Å². The van der Waals surface area contributed by atoms with E-state index in [-0.39, 0.29) is 0 Å². The van der Waals surface area contributed by atoms with Gasteiger partial charge in [0.05, 0.1) is 11.4 Å². The lowest BCUT2D eigenvalue weighted by molar-refractivity contribution is 0.847. The monoisotopic (exact) mass is 149 g/mol. The van der Waals surface area contributed by atoms with Crippen LogP contribution in [0.1, 0.15) is 11.4 Å². The highest BCUT2D eigenvalue weighted by atomic mass is 15.4. The zero-order valence-corrected chi connectivity index (χ0v) is 6.31. The van der Waals surface area contributed by atoms with E-state index < -0.39 is 0 Å². The van der Waals surface area contributed by atoms with Crippen molar-refractivity contribution in [1.82, 2.24) is 24.8 Å². The van der Waals surface area contributed by atoms with E-state index in [1.165, 1.54) is 6.33 Å². The molecule has 0 saturated heterocycles. The molecule has 0 bridgehead atoms. The van der Waals surface area contributed by atoms with Crippen LogP contribution in [0, 0.1) is 13.8 Å². The Morgan fingerprint density at radius 3 is 2.91 bits per heavy atom. The molecule has 0 saturated carbocycles. The Kier molecular flexibility index (Phi) is 1.12. The number of aryl methyl sites for hydroxylation is 2. The molecule has 0 radical (unpaired) electrons. The minimum absolute atomic E-state index is 0.549. The second-order valence-corrected chi connectivity index (χ2v) is 2.36. The topological polar surface area (TPSA) is 56.0 Å². The van der Waals surface area contributed by atoms with Crippen molar-refractivity contribution in [2.75, 3.05) is 0 Å². The maximum atomic E-state index is 4.16. The fourth-order valence-electron chi connectivity index (χ4n) is 0.833. The Labute approximate surface area is 63.1 Å². The van der Waals surface area contributed by atoms with Gasteiger partial charge in [0.2, 0.25) is 0 Å². The minimum Gasteiger partial charge on any atom is -0.213 e. The summed E-state index contributed by atoms with van der Waals surface area (Å²) < 4.78 is 1.56. The lowest BCUT2D eigenvalue weighted by Crippen LogP contribution is -1.99. The van der Waals surface area contributed by atoms with Crippen LogP contribution in [0.5, 0.6) is 0 Å². The number of fused-ring (bicyclic) bond motifs is 1. The van der Waals surface area contributed by atoms with Crippen LogP contribution >= 0.6 is 0 Å². The maximum Gasteiger partial charge on any atom is 0.271 e. The van der Waals surface area contributed by atoms with Gasteiger partial charge in [0.15, 0.2) is 0 Å². The van der Waals surface area contributed by atoms with Gasteiger partial charge in [-0.2, -0.15) is 9.61 Å². The van der Waals surface area contributed by atoms with Crippen molar-refractivity contribution in [3.05, 3.63) is 17.7 Å². The normalized spacial score (nSPS) is 10.7. The van der Waals surface area contributed by atoms with Gasteiger partial charge in [0.1, 0.15) is 6.33 Å². The number of nitrogens with zero attached hydrogens (tertiary/aromatic N) is 5. The van der Waals surface area contributed by atoms with E-state index in [9.17, 15) is 0 Å². The smallest absolute Gasteiger partial charge is 0.213 e. The van der Waals surface area contributed by atoms with Gasteiger partial charge in [-0.25, -0.2) is 4.98 Å². The van der Waals surface area contributed by atoms with Crippen LogP contribution in [-0.4, -0.2) is 24.8 Å². The van der Waals surface area contributed by atoms with Crippen molar-refractivity contribution < 1.29 is 0 Å². The molecule has 0 aliphatic carbocycles. The summed E-state index contributed by atoms with van der Waals surface area (Å²) in [6.45, 7) is 3.80. The molecule has 5 nitrogen and oxygen atoms in total. The van der Waals surface area contributed by atoms with Crippen LogP contribution in [0.2, 0.25) is 0 Å². The SMILES string of the molecule is Cc1nc2nncn2nc1C. The molecule has 2 rings (SSSR count). The van der Waals surface area contributed by atoms with Gasteiger partial charge in [-0.1, -0.05) is 0 Å². The molecule has 0 atom stereocenters. The summed E-state index contributed by atoms with van der Waals surface area (Å²) in [5, 5.41) is 11.6. The van der Waals surface area contributed by atoms with Crippen LogP contribution in [0.15, 0.2) is 6.33 Å². The Bertz CT molecular complexity index is 355. The van der Waals surface area contributed by atoms with E-state index in [0.29, 0.717) is 5.78 Å². The maximum absolute atomic E-state index is 4.16. The number of rotatable bonds is 0. The van der Waals surface area contributed by atoms with Crippen LogP contribution < -0.4 is 0 Å². The van der Waals surface area contributed by atoms with Crippen LogP contribution in [0.25, 0.3) is 5.78 Å². The highest BCUT2D eigenvalue weighted by Gasteiger charge is 2.00. The molecule has 0 N–H and O–H groups in total. The molecule has 56 valence electrons. The zero-order valence-electron chi connectivity index (χ0n) is 6.31. The first-order valence-electron chi connectivity index (χ1n) is 3.28. The zero-order chi connectivity index (χ0) is 7.84. The predicted molar refractivity (Wildman–Crippen MR) is 38.1 cm³/mol. The first kappa shape index (κ1) is 6.21. The summed E-state index contributed by atoms with van der Waals surface area (Å²) in [5.41, 5.74) is 1.79. The molecule has 2 aromatic heterocycles. The van der Waals surface area contributed by atoms with E-state index >= 15 is 0 Å². The summed E-state index contributed by atoms with van der Waals surface area (Å²) in [6, 6.07) is 0. The summed E-state index contributed by atoms with van der Waals surface area (Å²) in [5.74, 6) is 0.549. The van der Waals surface area contributed by atoms with Gasteiger partial charge in [0, 0.05) is 0 Å². The van der Waals surface area contributed by atoms with Crippen molar-refractivity contribution in [3.63, 3.8) is 0 Å². The fourth-order valence-corrected chi connectivity index (χ4v) is 0.833. The van der Waals surface area contributed by atoms with Crippen molar-refractivity contribution in [1.29, 1.82) is 0 Å². The number of aromatic nitrogens is 5. The Morgan fingerprint density at radius 1 is 1.27 bits per heavy atom. The van der Waals surface area contributed by atoms with Crippen molar-refractivity contribution in [2.24, 2.45) is 0 Å². The van der Waals surface area contributed by atoms with Crippen molar-refractivity contribution >= 4 is 5.78 Å². The molecule has 2 aromatic rings. The second kappa shape index (κ2) is 1.98. The molecular formula is C6H7N5. The summed E-state index contributed by atoms with van der Waals surface area (Å²) >= 11 is 0. The molecule has 0 aliphatic rings. The van der Waals surface area contributed by atoms with Crippen molar-refractivity contribution in [3.8, 4) is 0 Å². The third kappa shape index (κ3) is 0.849. The quantitative estimate of drug-likeness (QED) is 0.534. The molecule has 0 aliphatic heterocycles. The molecule has 2 heterocycles. The summed E-state index contributed by atoms with van der Waals surface area (Å²) in [7, 11) is 0. The lowest BCUT2D eigenvalue weighted by atomic mass is 10.4. The first-order chi connectivity index (χ1) is 5.27. The van der Waals surface area contributed by atoms with Gasteiger partial charge in [-0.05, 0) is 13.8 Å². The molecule has 5 heteroatoms. The van der Waals surface area contributed by atoms with Crippen molar-refractivity contribution in [2.45, 2.75) is 13.8 Å². The molecule has 11 heavy (non-hydrogen) atoms. The Balaban J connectivity index is 2.86. The van der Waals surface area contributed by atoms with Crippen LogP contribution in [0.4, 0.5) is 0 Å². The van der Waals surface area contributed by atoms with E-state index in [4.69, 9.17) is 0 Å². The van der Waals surface area contributed by atoms with E-state index in [0.717, 1.165) is 11.4 Å². The molecule has 0 aromatic carbocycles. The molecule has 0 spiro atoms. The largest absolute Gasteiger partial charge is 0.271 e. The average Bonchev–Trinajstić information content (AvgIpc) is 2.36. The van der Waals surface area contributed by atoms with Gasteiger partial charge in [-0.3, -0.25) is 0 Å². The predicted octanol–water partition coefficient (Wildman–Crippen LogP) is 0.136. The highest BCUT2D eigenvalue weighted by molar-refractivity contribution is 5.25. The molecule has 0 amide bonds. The first-order valence-corrected chi connectivity index (χ1v) is 3.28. The van der Waals surface area contributed by atoms with Gasteiger partial charge >= 0.3 is 0 Å². The third-order valence-corrected chi connectivity index (χ3v) is 1.56. The standard InChI is InChI=1S/C6H7N5/c1-4-5(2)10-11-3-7-9-6(11)8-4/h3H,1-2H3. The number of hydrogen-bond donors (Lipinski definition) is 0. The van der Waals surface area contributed by atoms with Gasteiger partial charge in [-0.15, -0.1) is 10.2 Å². The van der Waals surface area contributed by atoms with Crippen LogP contribution in [0.3, 0.4) is 0 Å². The molecule has 0 fully saturated rings. The van der Waals surface area contributed by atoms with Gasteiger partial charge < -0.3 is 0 Å². The fraction of sp³-hybridized carbons (Fsp3) is 0.333. The minimum atomic E-state index is 0.549. The lowest BCUT2D eigenvalue weighted by Gasteiger charge is -1.95. The van der Waals surface area contributed by atoms with E-state index in [1.807, 2.05) is 13.8 Å². The summed E-state index contributed by atoms with van der Waals surface area (Å²) in [6.07, 6.45) is 1.54. The highest BCUT2D eigenvalue weighted by Crippen LogP contribution is 1.99. The Morgan fingerprint density at radius 2 is 2.09 bits per heavy atom. The summed E-state index contributed by atoms with van der Waals surface area (Å²) in [4.78, 5) is 4.16. The second-order valence-electron chi connectivity index (χ2n) is 2.36. The average molecular weight is 149 g/mol. The Hall–Kier alpha value is -1.52. The van der Waals surface area contributed by atoms with Crippen LogP contribution in [-0.2, 0) is 0 Å². The molecule has 0 unspecified atom stereocenters. The third-order valence-electron chi connectivity index (χ3n) is 1.56. The molecular weight excluding hydrogens is 142 g/mol.